The molecule has 0 unspecified atom stereocenters. The molecule has 0 radical (unpaired) electrons. The van der Waals surface area contributed by atoms with Crippen molar-refractivity contribution in [1.82, 2.24) is 0 Å². The fraction of sp³-hybridized carbons (Fsp3) is 0. The number of para-hydroxylation sites is 1. The van der Waals surface area contributed by atoms with Crippen molar-refractivity contribution in [3.63, 3.8) is 0 Å². The molecule has 1 aromatic heterocycles. The molecule has 0 spiro atoms. The summed E-state index contributed by atoms with van der Waals surface area (Å²) in [6, 6.07) is 108. The summed E-state index contributed by atoms with van der Waals surface area (Å²) >= 11 is 0. The lowest BCUT2D eigenvalue weighted by Gasteiger charge is -2.27. The van der Waals surface area contributed by atoms with E-state index in [1.165, 1.54) is 71.6 Å². The molecule has 14 rings (SSSR count). The highest BCUT2D eigenvalue weighted by atomic mass is 16.3. The van der Waals surface area contributed by atoms with Gasteiger partial charge in [-0.05, 0) is 142 Å². The smallest absolute Gasteiger partial charge is 0.145 e. The number of rotatable bonds is 10. The van der Waals surface area contributed by atoms with Gasteiger partial charge in [-0.15, -0.1) is 0 Å². The van der Waals surface area contributed by atoms with Crippen molar-refractivity contribution in [1.29, 1.82) is 0 Å². The van der Waals surface area contributed by atoms with Crippen LogP contribution in [-0.2, 0) is 0 Å². The normalized spacial score (nSPS) is 11.4. The average Bonchev–Trinajstić information content (AvgIpc) is 3.92. The van der Waals surface area contributed by atoms with Crippen LogP contribution in [-0.4, -0.2) is 0 Å². The van der Waals surface area contributed by atoms with E-state index in [2.05, 4.69) is 302 Å². The van der Waals surface area contributed by atoms with Crippen LogP contribution in [0.15, 0.2) is 302 Å². The molecule has 76 heavy (non-hydrogen) atoms. The van der Waals surface area contributed by atoms with Crippen LogP contribution in [0.1, 0.15) is 0 Å². The van der Waals surface area contributed by atoms with E-state index in [1.54, 1.807) is 0 Å². The van der Waals surface area contributed by atoms with E-state index in [0.717, 1.165) is 66.8 Å². The molecule has 14 aromatic rings. The maximum atomic E-state index is 6.97. The molecule has 0 N–H and O–H groups in total. The van der Waals surface area contributed by atoms with Crippen molar-refractivity contribution in [2.24, 2.45) is 0 Å². The summed E-state index contributed by atoms with van der Waals surface area (Å²) in [5.41, 5.74) is 21.3. The SMILES string of the molecule is c1ccc(-c2ccc(-c3ccccc3-c3ccc(N(c4ccc(-c5ccc(-c6cccc7ccccc67)cc5)cc4)c4ccc(-c5cccc6ccccc56)c5oc6ccccc6c45)cc3)c(-c3ccccc3)c2)cc1. The van der Waals surface area contributed by atoms with E-state index in [0.29, 0.717) is 0 Å². The number of furan rings is 1. The molecule has 1 heterocycles. The Morgan fingerprint density at radius 3 is 1.34 bits per heavy atom. The Morgan fingerprint density at radius 1 is 0.237 bits per heavy atom. The second-order valence-corrected chi connectivity index (χ2v) is 19.5. The predicted molar refractivity (Wildman–Crippen MR) is 321 cm³/mol. The minimum absolute atomic E-state index is 0.854. The molecule has 0 saturated heterocycles. The number of nitrogens with zero attached hydrogens (tertiary/aromatic N) is 1. The van der Waals surface area contributed by atoms with Crippen LogP contribution in [0.5, 0.6) is 0 Å². The molecule has 0 aliphatic carbocycles. The van der Waals surface area contributed by atoms with Crippen LogP contribution in [0.2, 0.25) is 0 Å². The zero-order valence-electron chi connectivity index (χ0n) is 41.6. The minimum atomic E-state index is 0.854. The van der Waals surface area contributed by atoms with Gasteiger partial charge in [0.25, 0.3) is 0 Å². The average molecular weight is 968 g/mol. The zero-order valence-corrected chi connectivity index (χ0v) is 41.6. The summed E-state index contributed by atoms with van der Waals surface area (Å²) in [5.74, 6) is 0. The lowest BCUT2D eigenvalue weighted by atomic mass is 9.87. The molecule has 0 bridgehead atoms. The largest absolute Gasteiger partial charge is 0.455 e. The molecule has 0 aliphatic rings. The van der Waals surface area contributed by atoms with Crippen LogP contribution in [0.25, 0.3) is 121 Å². The van der Waals surface area contributed by atoms with Crippen LogP contribution < -0.4 is 4.90 Å². The Bertz CT molecular complexity index is 4410. The number of anilines is 3. The number of hydrogen-bond donors (Lipinski definition) is 0. The Kier molecular flexibility index (Phi) is 11.2. The Labute approximate surface area is 442 Å². The lowest BCUT2D eigenvalue weighted by Crippen LogP contribution is -2.10. The van der Waals surface area contributed by atoms with E-state index in [4.69, 9.17) is 4.42 Å². The van der Waals surface area contributed by atoms with Gasteiger partial charge in [-0.3, -0.25) is 0 Å². The summed E-state index contributed by atoms with van der Waals surface area (Å²) in [6.07, 6.45) is 0. The molecular weight excluding hydrogens is 919 g/mol. The fourth-order valence-corrected chi connectivity index (χ4v) is 11.4. The highest BCUT2D eigenvalue weighted by molar-refractivity contribution is 6.18. The van der Waals surface area contributed by atoms with Gasteiger partial charge in [0.1, 0.15) is 11.2 Å². The monoisotopic (exact) mass is 967 g/mol. The molecule has 2 nitrogen and oxygen atoms in total. The number of benzene rings is 13. The summed E-state index contributed by atoms with van der Waals surface area (Å²) < 4.78 is 6.97. The van der Waals surface area contributed by atoms with Gasteiger partial charge in [-0.1, -0.05) is 249 Å². The summed E-state index contributed by atoms with van der Waals surface area (Å²) in [7, 11) is 0. The van der Waals surface area contributed by atoms with Crippen molar-refractivity contribution in [3.05, 3.63) is 297 Å². The first kappa shape index (κ1) is 44.7. The molecule has 2 heteroatoms. The maximum absolute atomic E-state index is 6.97. The molecule has 0 amide bonds. The van der Waals surface area contributed by atoms with Crippen LogP contribution in [0, 0.1) is 0 Å². The number of fused-ring (bicyclic) bond motifs is 5. The fourth-order valence-electron chi connectivity index (χ4n) is 11.4. The first-order valence-corrected chi connectivity index (χ1v) is 26.1. The second kappa shape index (κ2) is 19.1. The maximum Gasteiger partial charge on any atom is 0.145 e. The third-order valence-corrected chi connectivity index (χ3v) is 15.1. The molecule has 0 aliphatic heterocycles. The van der Waals surface area contributed by atoms with Gasteiger partial charge >= 0.3 is 0 Å². The molecular formula is C74H49NO. The second-order valence-electron chi connectivity index (χ2n) is 19.5. The van der Waals surface area contributed by atoms with Gasteiger partial charge in [0.15, 0.2) is 0 Å². The predicted octanol–water partition coefficient (Wildman–Crippen LogP) is 21.0. The Hall–Kier alpha value is -10.0. The van der Waals surface area contributed by atoms with E-state index >= 15 is 0 Å². The summed E-state index contributed by atoms with van der Waals surface area (Å²) in [4.78, 5) is 2.40. The van der Waals surface area contributed by atoms with E-state index in [1.807, 2.05) is 0 Å². The third-order valence-electron chi connectivity index (χ3n) is 15.1. The van der Waals surface area contributed by atoms with Crippen molar-refractivity contribution >= 4 is 60.5 Å². The zero-order chi connectivity index (χ0) is 50.4. The molecule has 356 valence electrons. The van der Waals surface area contributed by atoms with Gasteiger partial charge < -0.3 is 9.32 Å². The molecule has 0 atom stereocenters. The Balaban J connectivity index is 0.899. The summed E-state index contributed by atoms with van der Waals surface area (Å²) in [5, 5.41) is 7.03. The topological polar surface area (TPSA) is 16.4 Å². The van der Waals surface area contributed by atoms with Crippen molar-refractivity contribution < 1.29 is 4.42 Å². The van der Waals surface area contributed by atoms with E-state index in [-0.39, 0.29) is 0 Å². The standard InChI is InChI=1S/C74H49NO/c1-3-17-50(18-4-1)58-41-46-67(70(49-58)55-19-5-2-6-20-55)65-28-12-11-27-64(65)57-39-44-60(45-40-57)75(59-42-37-52(38-43-59)51-33-35-56(36-34-51)62-30-15-23-53-21-7-9-25-61(53)62)71-48-47-68(66-31-16-24-54-22-8-10-26-63(54)66)74-73(71)69-29-13-14-32-72(69)76-74/h1-49H. The molecule has 0 saturated carbocycles. The van der Waals surface area contributed by atoms with Crippen molar-refractivity contribution in [2.45, 2.75) is 0 Å². The van der Waals surface area contributed by atoms with E-state index < -0.39 is 0 Å². The van der Waals surface area contributed by atoms with Gasteiger partial charge in [0, 0.05) is 22.3 Å². The quantitative estimate of drug-likeness (QED) is 0.136. The van der Waals surface area contributed by atoms with Gasteiger partial charge in [0.05, 0.1) is 11.1 Å². The molecule has 13 aromatic carbocycles. The van der Waals surface area contributed by atoms with Crippen LogP contribution in [0.3, 0.4) is 0 Å². The first-order chi connectivity index (χ1) is 37.7. The lowest BCUT2D eigenvalue weighted by molar-refractivity contribution is 0.670. The van der Waals surface area contributed by atoms with Gasteiger partial charge in [0.2, 0.25) is 0 Å². The highest BCUT2D eigenvalue weighted by Gasteiger charge is 2.24. The van der Waals surface area contributed by atoms with Gasteiger partial charge in [-0.2, -0.15) is 0 Å². The van der Waals surface area contributed by atoms with Crippen molar-refractivity contribution in [3.8, 4) is 77.9 Å². The van der Waals surface area contributed by atoms with Crippen LogP contribution >= 0.6 is 0 Å². The van der Waals surface area contributed by atoms with Crippen molar-refractivity contribution in [2.75, 3.05) is 4.90 Å². The third kappa shape index (κ3) is 8.01. The first-order valence-electron chi connectivity index (χ1n) is 26.1. The number of hydrogen-bond acceptors (Lipinski definition) is 2. The molecule has 0 fully saturated rings. The van der Waals surface area contributed by atoms with Gasteiger partial charge in [-0.25, -0.2) is 0 Å². The Morgan fingerprint density at radius 2 is 0.658 bits per heavy atom. The summed E-state index contributed by atoms with van der Waals surface area (Å²) in [6.45, 7) is 0. The minimum Gasteiger partial charge on any atom is -0.455 e. The van der Waals surface area contributed by atoms with E-state index in [9.17, 15) is 0 Å². The highest BCUT2D eigenvalue weighted by Crippen LogP contribution is 2.48. The van der Waals surface area contributed by atoms with Crippen LogP contribution in [0.4, 0.5) is 17.1 Å².